The maximum atomic E-state index is 13.4. The van der Waals surface area contributed by atoms with Gasteiger partial charge in [0.1, 0.15) is 11.2 Å². The Kier molecular flexibility index (Phi) is 6.30. The Morgan fingerprint density at radius 2 is 0.957 bits per heavy atom. The first-order chi connectivity index (χ1) is 23.2. The molecule has 3 nitrogen and oxygen atoms in total. The van der Waals surface area contributed by atoms with Crippen molar-refractivity contribution in [3.63, 3.8) is 0 Å². The van der Waals surface area contributed by atoms with Crippen molar-refractivity contribution in [1.82, 2.24) is 0 Å². The molecule has 0 aliphatic carbocycles. The second-order valence-corrected chi connectivity index (χ2v) is 15.7. The van der Waals surface area contributed by atoms with Gasteiger partial charge in [-0.2, -0.15) is 0 Å². The van der Waals surface area contributed by atoms with Crippen LogP contribution in [0.2, 0.25) is 0 Å². The average Bonchev–Trinajstić information content (AvgIpc) is 3.14. The van der Waals surface area contributed by atoms with E-state index in [0.717, 1.165) is 16.8 Å². The molecule has 0 saturated heterocycles. The van der Waals surface area contributed by atoms with E-state index in [0.29, 0.717) is 21.9 Å². The van der Waals surface area contributed by atoms with Gasteiger partial charge in [0.15, 0.2) is 8.07 Å². The Labute approximate surface area is 273 Å². The Bertz CT molecular complexity index is 2420. The molecular weight excluding hydrogens is 591 g/mol. The molecule has 0 unspecified atom stereocenters. The topological polar surface area (TPSA) is 33.5 Å². The highest BCUT2D eigenvalue weighted by molar-refractivity contribution is 7.21. The molecule has 0 fully saturated rings. The smallest absolute Gasteiger partial charge is 0.200 e. The number of para-hydroxylation sites is 4. The van der Waals surface area contributed by atoms with Crippen molar-refractivity contribution in [2.75, 3.05) is 4.90 Å². The summed E-state index contributed by atoms with van der Waals surface area (Å²) in [5.41, 5.74) is 6.64. The number of rotatable bonds is 4. The van der Waals surface area contributed by atoms with Crippen molar-refractivity contribution in [2.45, 2.75) is 0 Å². The van der Waals surface area contributed by atoms with Crippen molar-refractivity contribution in [2.24, 2.45) is 0 Å². The van der Waals surface area contributed by atoms with Gasteiger partial charge >= 0.3 is 0 Å². The third-order valence-electron chi connectivity index (χ3n) is 9.55. The Morgan fingerprint density at radius 1 is 0.447 bits per heavy atom. The fourth-order valence-electron chi connectivity index (χ4n) is 7.55. The summed E-state index contributed by atoms with van der Waals surface area (Å²) in [5.74, 6) is 0. The van der Waals surface area contributed by atoms with Gasteiger partial charge in [-0.05, 0) is 68.8 Å². The lowest BCUT2D eigenvalue weighted by molar-refractivity contribution is 0.660. The molecule has 0 spiro atoms. The van der Waals surface area contributed by atoms with Crippen LogP contribution in [0.5, 0.6) is 0 Å². The van der Waals surface area contributed by atoms with E-state index in [4.69, 9.17) is 4.42 Å². The lowest BCUT2D eigenvalue weighted by Crippen LogP contribution is -2.77. The van der Waals surface area contributed by atoms with E-state index in [1.807, 2.05) is 42.5 Å². The van der Waals surface area contributed by atoms with Crippen molar-refractivity contribution in [1.29, 1.82) is 0 Å². The fourth-order valence-corrected chi connectivity index (χ4v) is 12.7. The number of hydrogen-bond donors (Lipinski definition) is 0. The van der Waals surface area contributed by atoms with E-state index in [1.165, 1.54) is 32.1 Å². The molecule has 0 radical (unpaired) electrons. The van der Waals surface area contributed by atoms with Gasteiger partial charge in [0.2, 0.25) is 5.43 Å². The molecule has 0 N–H and O–H groups in total. The summed E-state index contributed by atoms with van der Waals surface area (Å²) in [5, 5.41) is 6.59. The molecule has 1 aromatic heterocycles. The largest absolute Gasteiger partial charge is 0.456 e. The summed E-state index contributed by atoms with van der Waals surface area (Å²) in [6.07, 6.45) is 0. The van der Waals surface area contributed by atoms with Gasteiger partial charge in [-0.25, -0.2) is 0 Å². The Balaban J connectivity index is 1.32. The van der Waals surface area contributed by atoms with Gasteiger partial charge < -0.3 is 9.32 Å². The number of fused-ring (bicyclic) bond motifs is 4. The lowest BCUT2D eigenvalue weighted by Gasteiger charge is -2.45. The predicted molar refractivity (Wildman–Crippen MR) is 197 cm³/mol. The molecule has 0 atom stereocenters. The zero-order valence-electron chi connectivity index (χ0n) is 25.5. The van der Waals surface area contributed by atoms with Crippen molar-refractivity contribution < 1.29 is 4.42 Å². The Hall–Kier alpha value is -5.97. The second-order valence-electron chi connectivity index (χ2n) is 12.0. The lowest BCUT2D eigenvalue weighted by atomic mass is 10.00. The second kappa shape index (κ2) is 10.8. The first-order valence-corrected chi connectivity index (χ1v) is 17.9. The predicted octanol–water partition coefficient (Wildman–Crippen LogP) is 7.77. The van der Waals surface area contributed by atoms with Crippen LogP contribution in [0.4, 0.5) is 17.1 Å². The van der Waals surface area contributed by atoms with Crippen LogP contribution >= 0.6 is 0 Å². The quantitative estimate of drug-likeness (QED) is 0.149. The van der Waals surface area contributed by atoms with E-state index in [-0.39, 0.29) is 5.43 Å². The third-order valence-corrected chi connectivity index (χ3v) is 14.4. The molecule has 9 rings (SSSR count). The van der Waals surface area contributed by atoms with Gasteiger partial charge in [-0.1, -0.05) is 133 Å². The minimum Gasteiger partial charge on any atom is -0.456 e. The zero-order valence-corrected chi connectivity index (χ0v) is 26.5. The molecule has 0 bridgehead atoms. The average molecular weight is 620 g/mol. The number of benzene rings is 7. The van der Waals surface area contributed by atoms with Gasteiger partial charge in [0.25, 0.3) is 0 Å². The molecule has 1 aliphatic heterocycles. The van der Waals surface area contributed by atoms with Crippen LogP contribution in [-0.4, -0.2) is 8.07 Å². The first kappa shape index (κ1) is 27.3. The number of nitrogens with zero attached hydrogens (tertiary/aromatic N) is 1. The summed E-state index contributed by atoms with van der Waals surface area (Å²) in [7, 11) is -2.71. The maximum absolute atomic E-state index is 13.4. The summed E-state index contributed by atoms with van der Waals surface area (Å²) in [6.45, 7) is 0. The summed E-state index contributed by atoms with van der Waals surface area (Å²) >= 11 is 0. The third kappa shape index (κ3) is 4.09. The summed E-state index contributed by atoms with van der Waals surface area (Å²) < 4.78 is 6.30. The zero-order chi connectivity index (χ0) is 31.4. The van der Waals surface area contributed by atoms with Crippen LogP contribution < -0.4 is 31.1 Å². The highest BCUT2D eigenvalue weighted by Gasteiger charge is 2.48. The number of anilines is 3. The molecule has 2 heterocycles. The van der Waals surface area contributed by atoms with Crippen molar-refractivity contribution in [3.05, 3.63) is 186 Å². The standard InChI is InChI=1S/C43H29NO2Si/c45-43-34-20-8-12-24-39(34)46-40-29-30(27-28-35(40)43)33-19-7-9-21-36(33)44-37-22-10-13-25-41(37)47(31-15-3-1-4-16-31,32-17-5-2-6-18-32)42-26-14-11-23-38(42)44/h1-29H. The molecule has 0 saturated carbocycles. The van der Waals surface area contributed by atoms with Gasteiger partial charge in [0.05, 0.1) is 16.5 Å². The monoisotopic (exact) mass is 619 g/mol. The van der Waals surface area contributed by atoms with Gasteiger partial charge in [-0.3, -0.25) is 4.79 Å². The molecule has 7 aromatic carbocycles. The molecular formula is C43H29NO2Si. The Morgan fingerprint density at radius 3 is 1.62 bits per heavy atom. The van der Waals surface area contributed by atoms with Crippen LogP contribution in [0.25, 0.3) is 33.1 Å². The normalized spacial score (nSPS) is 13.3. The first-order valence-electron chi connectivity index (χ1n) is 15.9. The van der Waals surface area contributed by atoms with Gasteiger partial charge in [0, 0.05) is 16.9 Å². The van der Waals surface area contributed by atoms with Crippen molar-refractivity contribution >= 4 is 67.8 Å². The fraction of sp³-hybridized carbons (Fsp3) is 0. The van der Waals surface area contributed by atoms with E-state index in [9.17, 15) is 4.79 Å². The SMILES string of the molecule is O=c1c2ccccc2oc2cc(-c3ccccc3N3c4ccccc4[Si](c4ccccc4)(c4ccccc4)c4ccccc43)ccc12. The molecule has 0 amide bonds. The number of hydrogen-bond acceptors (Lipinski definition) is 3. The molecule has 222 valence electrons. The maximum Gasteiger partial charge on any atom is 0.200 e. The summed E-state index contributed by atoms with van der Waals surface area (Å²) in [6, 6.07) is 61.9. The molecule has 47 heavy (non-hydrogen) atoms. The van der Waals surface area contributed by atoms with Crippen LogP contribution in [0.15, 0.2) is 185 Å². The minimum atomic E-state index is -2.71. The summed E-state index contributed by atoms with van der Waals surface area (Å²) in [4.78, 5) is 15.8. The highest BCUT2D eigenvalue weighted by Crippen LogP contribution is 2.43. The molecule has 1 aliphatic rings. The highest BCUT2D eigenvalue weighted by atomic mass is 28.3. The molecule has 8 aromatic rings. The van der Waals surface area contributed by atoms with Crippen LogP contribution in [-0.2, 0) is 0 Å². The molecule has 4 heteroatoms. The van der Waals surface area contributed by atoms with Gasteiger partial charge in [-0.15, -0.1) is 0 Å². The van der Waals surface area contributed by atoms with E-state index in [2.05, 4.69) is 138 Å². The minimum absolute atomic E-state index is 0.0105. The van der Waals surface area contributed by atoms with E-state index in [1.54, 1.807) is 0 Å². The van der Waals surface area contributed by atoms with Crippen LogP contribution in [0.3, 0.4) is 0 Å². The van der Waals surface area contributed by atoms with E-state index < -0.39 is 8.07 Å². The van der Waals surface area contributed by atoms with Crippen LogP contribution in [0.1, 0.15) is 0 Å². The van der Waals surface area contributed by atoms with Crippen molar-refractivity contribution in [3.8, 4) is 11.1 Å². The van der Waals surface area contributed by atoms with E-state index >= 15 is 0 Å². The van der Waals surface area contributed by atoms with Crippen LogP contribution in [0, 0.1) is 0 Å².